The van der Waals surface area contributed by atoms with Gasteiger partial charge in [-0.15, -0.1) is 0 Å². The number of hydrogen-bond acceptors (Lipinski definition) is 1. The second-order valence-corrected chi connectivity index (χ2v) is 1.96. The summed E-state index contributed by atoms with van der Waals surface area (Å²) in [7, 11) is 0. The van der Waals surface area contributed by atoms with Crippen LogP contribution in [0.5, 0.6) is 0 Å². The van der Waals surface area contributed by atoms with Crippen LogP contribution in [0, 0.1) is 6.42 Å². The van der Waals surface area contributed by atoms with Crippen LogP contribution in [0.1, 0.15) is 13.3 Å². The SMILES string of the molecule is CC[CH]C1C=CC=CO1. The predicted molar refractivity (Wildman–Crippen MR) is 37.7 cm³/mol. The second kappa shape index (κ2) is 3.33. The number of rotatable bonds is 2. The average Bonchev–Trinajstić information content (AvgIpc) is 1.91. The minimum absolute atomic E-state index is 0.208. The van der Waals surface area contributed by atoms with Gasteiger partial charge in [0.1, 0.15) is 6.10 Å². The molecule has 0 spiro atoms. The highest BCUT2D eigenvalue weighted by molar-refractivity contribution is 5.10. The molecule has 0 N–H and O–H groups in total. The summed E-state index contributed by atoms with van der Waals surface area (Å²) >= 11 is 0. The fourth-order valence-electron chi connectivity index (χ4n) is 0.767. The van der Waals surface area contributed by atoms with E-state index in [4.69, 9.17) is 4.74 Å². The van der Waals surface area contributed by atoms with Crippen molar-refractivity contribution in [3.8, 4) is 0 Å². The van der Waals surface area contributed by atoms with E-state index in [1.54, 1.807) is 6.26 Å². The number of ether oxygens (including phenoxy) is 1. The first-order valence-corrected chi connectivity index (χ1v) is 3.25. The first-order valence-electron chi connectivity index (χ1n) is 3.25. The number of allylic oxidation sites excluding steroid dienone is 2. The highest BCUT2D eigenvalue weighted by Gasteiger charge is 2.02. The lowest BCUT2D eigenvalue weighted by Gasteiger charge is -2.12. The number of hydrogen-bond donors (Lipinski definition) is 0. The van der Waals surface area contributed by atoms with Gasteiger partial charge < -0.3 is 4.74 Å². The molecule has 1 heterocycles. The standard InChI is InChI=1S/C8H11O/c1-2-5-8-6-3-4-7-9-8/h3-8H,2H2,1H3. The Morgan fingerprint density at radius 2 is 2.44 bits per heavy atom. The van der Waals surface area contributed by atoms with Crippen molar-refractivity contribution >= 4 is 0 Å². The summed E-state index contributed by atoms with van der Waals surface area (Å²) in [5.74, 6) is 0. The van der Waals surface area contributed by atoms with Crippen LogP contribution in [0.3, 0.4) is 0 Å². The summed E-state index contributed by atoms with van der Waals surface area (Å²) in [5, 5.41) is 0. The van der Waals surface area contributed by atoms with Gasteiger partial charge in [0.05, 0.1) is 6.26 Å². The maximum Gasteiger partial charge on any atom is 0.119 e. The first kappa shape index (κ1) is 6.40. The lowest BCUT2D eigenvalue weighted by Crippen LogP contribution is -2.07. The van der Waals surface area contributed by atoms with E-state index < -0.39 is 0 Å². The van der Waals surface area contributed by atoms with E-state index in [1.165, 1.54) is 0 Å². The fraction of sp³-hybridized carbons (Fsp3) is 0.375. The molecule has 1 heteroatoms. The maximum atomic E-state index is 5.20. The highest BCUT2D eigenvalue weighted by Crippen LogP contribution is 2.06. The summed E-state index contributed by atoms with van der Waals surface area (Å²) < 4.78 is 5.20. The molecule has 1 radical (unpaired) electrons. The van der Waals surface area contributed by atoms with E-state index in [0.29, 0.717) is 0 Å². The van der Waals surface area contributed by atoms with E-state index in [1.807, 2.05) is 18.2 Å². The van der Waals surface area contributed by atoms with Crippen LogP contribution >= 0.6 is 0 Å². The molecule has 0 saturated heterocycles. The minimum Gasteiger partial charge on any atom is -0.494 e. The van der Waals surface area contributed by atoms with Crippen molar-refractivity contribution in [1.29, 1.82) is 0 Å². The fourth-order valence-corrected chi connectivity index (χ4v) is 0.767. The van der Waals surface area contributed by atoms with Crippen molar-refractivity contribution < 1.29 is 4.74 Å². The molecular formula is C8H11O. The Balaban J connectivity index is 2.28. The monoisotopic (exact) mass is 123 g/mol. The average molecular weight is 123 g/mol. The molecule has 1 aliphatic heterocycles. The van der Waals surface area contributed by atoms with Gasteiger partial charge in [0.25, 0.3) is 0 Å². The summed E-state index contributed by atoms with van der Waals surface area (Å²) in [5.41, 5.74) is 0. The third-order valence-corrected chi connectivity index (χ3v) is 1.19. The van der Waals surface area contributed by atoms with Gasteiger partial charge in [-0.1, -0.05) is 13.0 Å². The maximum absolute atomic E-state index is 5.20. The molecule has 0 amide bonds. The molecule has 9 heavy (non-hydrogen) atoms. The zero-order valence-electron chi connectivity index (χ0n) is 5.58. The van der Waals surface area contributed by atoms with Crippen molar-refractivity contribution in [1.82, 2.24) is 0 Å². The minimum atomic E-state index is 0.208. The quantitative estimate of drug-likeness (QED) is 0.546. The predicted octanol–water partition coefficient (Wildman–Crippen LogP) is 2.07. The second-order valence-electron chi connectivity index (χ2n) is 1.96. The Morgan fingerprint density at radius 1 is 1.56 bits per heavy atom. The van der Waals surface area contributed by atoms with Crippen LogP contribution in [-0.4, -0.2) is 6.10 Å². The zero-order valence-corrected chi connectivity index (χ0v) is 5.58. The van der Waals surface area contributed by atoms with Crippen LogP contribution in [0.25, 0.3) is 0 Å². The molecule has 0 aliphatic carbocycles. The van der Waals surface area contributed by atoms with Crippen LogP contribution in [0.2, 0.25) is 0 Å². The smallest absolute Gasteiger partial charge is 0.119 e. The molecule has 1 unspecified atom stereocenters. The van der Waals surface area contributed by atoms with Crippen molar-refractivity contribution in [2.45, 2.75) is 19.4 Å². The van der Waals surface area contributed by atoms with Crippen LogP contribution in [-0.2, 0) is 4.74 Å². The van der Waals surface area contributed by atoms with Gasteiger partial charge >= 0.3 is 0 Å². The van der Waals surface area contributed by atoms with Crippen LogP contribution in [0.4, 0.5) is 0 Å². The Morgan fingerprint density at radius 3 is 3.00 bits per heavy atom. The molecule has 0 aromatic carbocycles. The molecule has 0 bridgehead atoms. The Kier molecular flexibility index (Phi) is 2.37. The molecule has 1 rings (SSSR count). The summed E-state index contributed by atoms with van der Waals surface area (Å²) in [4.78, 5) is 0. The van der Waals surface area contributed by atoms with Gasteiger partial charge in [0.2, 0.25) is 0 Å². The van der Waals surface area contributed by atoms with Gasteiger partial charge in [-0.2, -0.15) is 0 Å². The van der Waals surface area contributed by atoms with Gasteiger partial charge in [-0.05, 0) is 18.6 Å². The Bertz CT molecular complexity index is 125. The van der Waals surface area contributed by atoms with Gasteiger partial charge in [-0.25, -0.2) is 0 Å². The van der Waals surface area contributed by atoms with E-state index in [0.717, 1.165) is 6.42 Å². The van der Waals surface area contributed by atoms with E-state index >= 15 is 0 Å². The van der Waals surface area contributed by atoms with Gasteiger partial charge in [0, 0.05) is 6.42 Å². The van der Waals surface area contributed by atoms with Gasteiger partial charge in [-0.3, -0.25) is 0 Å². The molecule has 0 aromatic rings. The largest absolute Gasteiger partial charge is 0.494 e. The first-order chi connectivity index (χ1) is 4.43. The van der Waals surface area contributed by atoms with Crippen LogP contribution < -0.4 is 0 Å². The summed E-state index contributed by atoms with van der Waals surface area (Å²) in [6, 6.07) is 0. The molecule has 1 aliphatic rings. The zero-order chi connectivity index (χ0) is 6.53. The molecule has 0 fully saturated rings. The molecule has 0 aromatic heterocycles. The summed E-state index contributed by atoms with van der Waals surface area (Å²) in [6.07, 6.45) is 11.0. The molecule has 0 saturated carbocycles. The Labute approximate surface area is 56.0 Å². The molecular weight excluding hydrogens is 112 g/mol. The third kappa shape index (κ3) is 1.92. The summed E-state index contributed by atoms with van der Waals surface area (Å²) in [6.45, 7) is 2.11. The molecule has 1 nitrogen and oxygen atoms in total. The Hall–Kier alpha value is -0.720. The van der Waals surface area contributed by atoms with E-state index in [-0.39, 0.29) is 6.10 Å². The highest BCUT2D eigenvalue weighted by atomic mass is 16.5. The van der Waals surface area contributed by atoms with Gasteiger partial charge in [0.15, 0.2) is 0 Å². The third-order valence-electron chi connectivity index (χ3n) is 1.19. The lowest BCUT2D eigenvalue weighted by atomic mass is 10.2. The van der Waals surface area contributed by atoms with Crippen molar-refractivity contribution in [3.05, 3.63) is 30.9 Å². The molecule has 1 atom stereocenters. The van der Waals surface area contributed by atoms with Crippen LogP contribution in [0.15, 0.2) is 24.5 Å². The van der Waals surface area contributed by atoms with E-state index in [9.17, 15) is 0 Å². The van der Waals surface area contributed by atoms with E-state index in [2.05, 4.69) is 13.3 Å². The lowest BCUT2D eigenvalue weighted by molar-refractivity contribution is 0.208. The van der Waals surface area contributed by atoms with Crippen molar-refractivity contribution in [3.63, 3.8) is 0 Å². The normalized spacial score (nSPS) is 23.9. The molecule has 49 valence electrons. The van der Waals surface area contributed by atoms with Crippen molar-refractivity contribution in [2.75, 3.05) is 0 Å². The topological polar surface area (TPSA) is 9.23 Å². The van der Waals surface area contributed by atoms with Crippen molar-refractivity contribution in [2.24, 2.45) is 0 Å².